The SMILES string of the molecule is CC.CCC1(CC)CC[C-](Cc2ccccc2)C1=O.[Y]. The topological polar surface area (TPSA) is 17.1 Å². The Labute approximate surface area is 149 Å². The number of carbonyl (C=O) groups is 1. The van der Waals surface area contributed by atoms with Gasteiger partial charge in [0.1, 0.15) is 0 Å². The van der Waals surface area contributed by atoms with E-state index in [-0.39, 0.29) is 38.1 Å². The number of hydrogen-bond acceptors (Lipinski definition) is 1. The van der Waals surface area contributed by atoms with Gasteiger partial charge in [-0.3, -0.25) is 0 Å². The van der Waals surface area contributed by atoms with Gasteiger partial charge in [-0.25, -0.2) is 0 Å². The van der Waals surface area contributed by atoms with E-state index in [0.717, 1.165) is 38.0 Å². The van der Waals surface area contributed by atoms with Gasteiger partial charge in [0.25, 0.3) is 0 Å². The molecule has 0 saturated heterocycles. The summed E-state index contributed by atoms with van der Waals surface area (Å²) < 4.78 is 0. The second kappa shape index (κ2) is 9.74. The second-order valence-corrected chi connectivity index (χ2v) is 5.08. The third-order valence-corrected chi connectivity index (χ3v) is 4.32. The molecule has 109 valence electrons. The van der Waals surface area contributed by atoms with Gasteiger partial charge in [0, 0.05) is 38.5 Å². The van der Waals surface area contributed by atoms with Gasteiger partial charge in [-0.05, 0) is 18.3 Å². The Balaban J connectivity index is 0.00000115. The predicted octanol–water partition coefficient (Wildman–Crippen LogP) is 5.00. The summed E-state index contributed by atoms with van der Waals surface area (Å²) >= 11 is 0. The maximum absolute atomic E-state index is 12.5. The smallest absolute Gasteiger partial charge is 0.00788 e. The van der Waals surface area contributed by atoms with Gasteiger partial charge in [0.2, 0.25) is 0 Å². The minimum atomic E-state index is -0.0376. The zero-order valence-electron chi connectivity index (χ0n) is 13.4. The Hall–Kier alpha value is -0.136. The minimum absolute atomic E-state index is 0. The first-order valence-corrected chi connectivity index (χ1v) is 7.65. The molecule has 2 rings (SSSR count). The van der Waals surface area contributed by atoms with Crippen molar-refractivity contribution in [1.29, 1.82) is 0 Å². The monoisotopic (exact) mass is 348 g/mol. The normalized spacial score (nSPS) is 16.2. The van der Waals surface area contributed by atoms with E-state index in [9.17, 15) is 4.79 Å². The summed E-state index contributed by atoms with van der Waals surface area (Å²) in [5, 5.41) is 0. The van der Waals surface area contributed by atoms with Crippen LogP contribution in [0.5, 0.6) is 0 Å². The number of benzene rings is 1. The molecule has 0 spiro atoms. The van der Waals surface area contributed by atoms with Gasteiger partial charge in [0.05, 0.1) is 0 Å². The van der Waals surface area contributed by atoms with Crippen molar-refractivity contribution in [1.82, 2.24) is 0 Å². The van der Waals surface area contributed by atoms with Crippen LogP contribution in [0.1, 0.15) is 58.9 Å². The fraction of sp³-hybridized carbons (Fsp3) is 0.556. The van der Waals surface area contributed by atoms with E-state index in [1.807, 2.05) is 32.0 Å². The van der Waals surface area contributed by atoms with Gasteiger partial charge in [0.15, 0.2) is 0 Å². The molecule has 0 aliphatic heterocycles. The van der Waals surface area contributed by atoms with E-state index in [2.05, 4.69) is 26.0 Å². The van der Waals surface area contributed by atoms with Crippen LogP contribution in [-0.2, 0) is 43.9 Å². The van der Waals surface area contributed by atoms with Crippen LogP contribution >= 0.6 is 0 Å². The summed E-state index contributed by atoms with van der Waals surface area (Å²) in [5.74, 6) is 1.58. The van der Waals surface area contributed by atoms with Crippen LogP contribution in [0, 0.1) is 11.3 Å². The van der Waals surface area contributed by atoms with Crippen LogP contribution in [-0.4, -0.2) is 5.78 Å². The summed E-state index contributed by atoms with van der Waals surface area (Å²) in [7, 11) is 0. The summed E-state index contributed by atoms with van der Waals surface area (Å²) in [5.41, 5.74) is 1.23. The zero-order valence-corrected chi connectivity index (χ0v) is 16.2. The summed E-state index contributed by atoms with van der Waals surface area (Å²) in [6.07, 6.45) is 4.87. The van der Waals surface area contributed by atoms with E-state index in [1.165, 1.54) is 5.56 Å². The van der Waals surface area contributed by atoms with Crippen molar-refractivity contribution in [3.8, 4) is 0 Å². The number of hydrogen-bond donors (Lipinski definition) is 0. The molecule has 1 saturated carbocycles. The molecule has 0 atom stereocenters. The average Bonchev–Trinajstić information content (AvgIpc) is 2.80. The first-order valence-electron chi connectivity index (χ1n) is 7.65. The molecular formula is C18H27OY-. The van der Waals surface area contributed by atoms with Crippen LogP contribution in [0.2, 0.25) is 0 Å². The van der Waals surface area contributed by atoms with E-state index < -0.39 is 0 Å². The Bertz CT molecular complexity index is 382. The number of carbonyl (C=O) groups excluding carboxylic acids is 1. The molecule has 0 N–H and O–H groups in total. The van der Waals surface area contributed by atoms with E-state index in [1.54, 1.807) is 0 Å². The van der Waals surface area contributed by atoms with Gasteiger partial charge in [-0.1, -0.05) is 70.0 Å². The summed E-state index contributed by atoms with van der Waals surface area (Å²) in [6, 6.07) is 10.3. The molecule has 1 aliphatic carbocycles. The molecule has 0 unspecified atom stereocenters. The molecule has 1 aromatic carbocycles. The van der Waals surface area contributed by atoms with Gasteiger partial charge in [-0.15, -0.1) is 6.42 Å². The molecule has 1 nitrogen and oxygen atoms in total. The molecule has 2 heteroatoms. The van der Waals surface area contributed by atoms with Crippen LogP contribution in [0.3, 0.4) is 0 Å². The molecule has 0 heterocycles. The Morgan fingerprint density at radius 2 is 1.65 bits per heavy atom. The second-order valence-electron chi connectivity index (χ2n) is 5.08. The molecule has 1 radical (unpaired) electrons. The van der Waals surface area contributed by atoms with E-state index in [0.29, 0.717) is 5.78 Å². The van der Waals surface area contributed by atoms with Crippen LogP contribution in [0.4, 0.5) is 0 Å². The zero-order chi connectivity index (χ0) is 14.3. The molecular weight excluding hydrogens is 321 g/mol. The quantitative estimate of drug-likeness (QED) is 0.700. The number of ketones is 1. The minimum Gasteiger partial charge on any atom is -0.333 e. The third-order valence-electron chi connectivity index (χ3n) is 4.32. The van der Waals surface area contributed by atoms with Crippen molar-refractivity contribution in [3.05, 3.63) is 41.8 Å². The van der Waals surface area contributed by atoms with Gasteiger partial charge < -0.3 is 10.7 Å². The fourth-order valence-corrected chi connectivity index (χ4v) is 2.93. The molecule has 1 fully saturated rings. The summed E-state index contributed by atoms with van der Waals surface area (Å²) in [6.45, 7) is 8.29. The van der Waals surface area contributed by atoms with E-state index in [4.69, 9.17) is 0 Å². The fourth-order valence-electron chi connectivity index (χ4n) is 2.93. The van der Waals surface area contributed by atoms with Crippen LogP contribution < -0.4 is 0 Å². The number of Topliss-reactive ketones (excluding diaryl/α,β-unsaturated/α-hetero) is 1. The predicted molar refractivity (Wildman–Crippen MR) is 82.0 cm³/mol. The maximum Gasteiger partial charge on any atom is 0.00788 e. The van der Waals surface area contributed by atoms with Crippen molar-refractivity contribution < 1.29 is 37.5 Å². The third kappa shape index (κ3) is 4.43. The van der Waals surface area contributed by atoms with E-state index >= 15 is 0 Å². The molecule has 0 aromatic heterocycles. The van der Waals surface area contributed by atoms with Gasteiger partial charge in [-0.2, -0.15) is 6.42 Å². The van der Waals surface area contributed by atoms with Gasteiger partial charge >= 0.3 is 0 Å². The Morgan fingerprint density at radius 1 is 1.10 bits per heavy atom. The number of rotatable bonds is 4. The standard InChI is InChI=1S/C16H21O.C2H6.Y/c1-3-16(4-2)11-10-14(15(16)17)12-13-8-6-5-7-9-13;1-2;/h5-9H,3-4,10-12H2,1-2H3;1-2H3;/q-1;;. The van der Waals surface area contributed by atoms with Crippen LogP contribution in [0.15, 0.2) is 30.3 Å². The van der Waals surface area contributed by atoms with Crippen molar-refractivity contribution in [2.45, 2.75) is 59.8 Å². The maximum atomic E-state index is 12.5. The molecule has 0 bridgehead atoms. The Kier molecular flexibility index (Phi) is 9.67. The molecule has 1 aliphatic rings. The van der Waals surface area contributed by atoms with Crippen molar-refractivity contribution in [2.75, 3.05) is 0 Å². The average molecular weight is 348 g/mol. The first-order chi connectivity index (χ1) is 9.22. The summed E-state index contributed by atoms with van der Waals surface area (Å²) in [4.78, 5) is 12.5. The van der Waals surface area contributed by atoms with Crippen molar-refractivity contribution in [2.24, 2.45) is 5.41 Å². The van der Waals surface area contributed by atoms with Crippen LogP contribution in [0.25, 0.3) is 0 Å². The van der Waals surface area contributed by atoms with Crippen molar-refractivity contribution >= 4 is 5.78 Å². The first kappa shape index (κ1) is 19.9. The molecule has 1 aromatic rings. The molecule has 20 heavy (non-hydrogen) atoms. The Morgan fingerprint density at radius 3 is 2.10 bits per heavy atom. The molecule has 0 amide bonds. The largest absolute Gasteiger partial charge is 0.333 e. The van der Waals surface area contributed by atoms with Crippen molar-refractivity contribution in [3.63, 3.8) is 0 Å².